The normalized spacial score (nSPS) is 23.8. The third-order valence-corrected chi connectivity index (χ3v) is 17.0. The van der Waals surface area contributed by atoms with Crippen LogP contribution < -0.4 is 24.6 Å². The van der Waals surface area contributed by atoms with Crippen molar-refractivity contribution >= 4 is 38.8 Å². The molecule has 0 radical (unpaired) electrons. The summed E-state index contributed by atoms with van der Waals surface area (Å²) < 4.78 is 46.2. The van der Waals surface area contributed by atoms with Gasteiger partial charge in [-0.3, -0.25) is 24.7 Å². The molecule has 5 aliphatic heterocycles. The van der Waals surface area contributed by atoms with Gasteiger partial charge in [0, 0.05) is 101 Å². The van der Waals surface area contributed by atoms with Crippen LogP contribution in [0.25, 0.3) is 0 Å². The fraction of sp³-hybridized carbons (Fsp3) is 0.529. The Morgan fingerprint density at radius 2 is 1.69 bits per heavy atom. The summed E-state index contributed by atoms with van der Waals surface area (Å²) in [6.07, 6.45) is 8.22. The van der Waals surface area contributed by atoms with Gasteiger partial charge in [0.1, 0.15) is 12.4 Å². The minimum Gasteiger partial charge on any atom is -0.489 e. The third-order valence-electron chi connectivity index (χ3n) is 15.7. The molecule has 3 atom stereocenters. The molecule has 6 aliphatic rings. The standard InChI is InChI=1S/C51H64N8O8S/c1-34-6-4-5-7-43(34)46-31-55(30-37-24-35(2)49(52-29-37)57-20-23-66-32-36(57)3)18-19-58(46)41-27-51(28-41)14-16-56(17-15-51)40-10-8-39(9-11-40)50(60)54-68(63,64)42-25-45(59(61)62)48-47(26-42)67-33-44(53-48)38-12-21-65-22-13-38/h4-11,24-26,29,36,38,41,44,46,53H,12-23,27-28,30-33H2,1-3H3,(H,54,60)/t36-,44-,46-/m0/s1. The number of aromatic nitrogens is 1. The quantitative estimate of drug-likeness (QED) is 0.118. The highest BCUT2D eigenvalue weighted by molar-refractivity contribution is 7.90. The van der Waals surface area contributed by atoms with Gasteiger partial charge in [-0.25, -0.2) is 18.1 Å². The third kappa shape index (κ3) is 9.52. The van der Waals surface area contributed by atoms with Crippen molar-refractivity contribution in [2.75, 3.05) is 87.4 Å². The van der Waals surface area contributed by atoms with Crippen LogP contribution in [0.5, 0.6) is 5.75 Å². The first-order valence-corrected chi connectivity index (χ1v) is 25.9. The molecule has 1 spiro atoms. The molecule has 5 fully saturated rings. The number of amides is 1. The predicted octanol–water partition coefficient (Wildman–Crippen LogP) is 6.86. The second-order valence-corrected chi connectivity index (χ2v) is 21.7. The lowest BCUT2D eigenvalue weighted by molar-refractivity contribution is -0.384. The largest absolute Gasteiger partial charge is 0.489 e. The van der Waals surface area contributed by atoms with Crippen molar-refractivity contribution in [1.29, 1.82) is 0 Å². The number of benzene rings is 3. The molecule has 1 amide bonds. The highest BCUT2D eigenvalue weighted by atomic mass is 32.2. The summed E-state index contributed by atoms with van der Waals surface area (Å²) in [6.45, 7) is 16.1. The molecule has 16 nitrogen and oxygen atoms in total. The number of anilines is 3. The van der Waals surface area contributed by atoms with Gasteiger partial charge in [-0.15, -0.1) is 0 Å². The van der Waals surface area contributed by atoms with E-state index in [-0.39, 0.29) is 35.6 Å². The van der Waals surface area contributed by atoms with Gasteiger partial charge in [-0.1, -0.05) is 24.3 Å². The summed E-state index contributed by atoms with van der Waals surface area (Å²) in [4.78, 5) is 39.6. The number of fused-ring (bicyclic) bond motifs is 1. The minimum atomic E-state index is -4.48. The number of nitrogens with one attached hydrogen (secondary N) is 2. The summed E-state index contributed by atoms with van der Waals surface area (Å²) in [7, 11) is -4.48. The Hall–Kier alpha value is -5.33. The van der Waals surface area contributed by atoms with E-state index in [0.29, 0.717) is 36.8 Å². The van der Waals surface area contributed by atoms with E-state index in [4.69, 9.17) is 19.2 Å². The Morgan fingerprint density at radius 3 is 2.41 bits per heavy atom. The first-order chi connectivity index (χ1) is 32.8. The maximum atomic E-state index is 13.5. The zero-order chi connectivity index (χ0) is 47.2. The number of hydrogen-bond donors (Lipinski definition) is 2. The Kier molecular flexibility index (Phi) is 13.1. The predicted molar refractivity (Wildman–Crippen MR) is 260 cm³/mol. The van der Waals surface area contributed by atoms with Crippen LogP contribution in [-0.2, 0) is 26.0 Å². The molecule has 4 aromatic rings. The molecule has 2 N–H and O–H groups in total. The van der Waals surface area contributed by atoms with Crippen LogP contribution >= 0.6 is 0 Å². The van der Waals surface area contributed by atoms with Gasteiger partial charge in [0.25, 0.3) is 21.6 Å². The lowest BCUT2D eigenvalue weighted by Crippen LogP contribution is -2.59. The number of pyridine rings is 1. The number of sulfonamides is 1. The van der Waals surface area contributed by atoms with Crippen LogP contribution in [0.15, 0.2) is 77.8 Å². The highest BCUT2D eigenvalue weighted by Crippen LogP contribution is 2.53. The van der Waals surface area contributed by atoms with Gasteiger partial charge < -0.3 is 29.3 Å². The van der Waals surface area contributed by atoms with Crippen molar-refractivity contribution in [1.82, 2.24) is 19.5 Å². The molecule has 1 aromatic heterocycles. The van der Waals surface area contributed by atoms with Crippen LogP contribution in [-0.4, -0.2) is 124 Å². The average Bonchev–Trinajstić information content (AvgIpc) is 3.33. The molecule has 362 valence electrons. The summed E-state index contributed by atoms with van der Waals surface area (Å²) in [5, 5.41) is 15.4. The fourth-order valence-corrected chi connectivity index (χ4v) is 12.8. The lowest BCUT2D eigenvalue weighted by Gasteiger charge is -2.58. The number of nitro benzene ring substituents is 1. The molecule has 3 aromatic carbocycles. The fourth-order valence-electron chi connectivity index (χ4n) is 11.8. The monoisotopic (exact) mass is 948 g/mol. The van der Waals surface area contributed by atoms with Crippen molar-refractivity contribution in [3.05, 3.63) is 111 Å². The molecule has 10 rings (SSSR count). The molecule has 6 heterocycles. The molecule has 68 heavy (non-hydrogen) atoms. The molecule has 17 heteroatoms. The number of rotatable bonds is 11. The summed E-state index contributed by atoms with van der Waals surface area (Å²) in [5.74, 6) is 0.516. The van der Waals surface area contributed by atoms with Gasteiger partial charge in [0.05, 0.1) is 35.1 Å². The number of piperidine rings is 1. The van der Waals surface area contributed by atoms with E-state index < -0.39 is 31.4 Å². The molecule has 0 unspecified atom stereocenters. The Labute approximate surface area is 399 Å². The van der Waals surface area contributed by atoms with Gasteiger partial charge in [0.2, 0.25) is 0 Å². The van der Waals surface area contributed by atoms with Crippen molar-refractivity contribution in [3.8, 4) is 5.75 Å². The van der Waals surface area contributed by atoms with Gasteiger partial charge in [-0.2, -0.15) is 0 Å². The second kappa shape index (κ2) is 19.2. The van der Waals surface area contributed by atoms with E-state index in [2.05, 4.69) is 86.9 Å². The van der Waals surface area contributed by atoms with E-state index in [1.54, 1.807) is 12.1 Å². The van der Waals surface area contributed by atoms with Crippen molar-refractivity contribution in [2.45, 2.75) is 94.9 Å². The van der Waals surface area contributed by atoms with Crippen LogP contribution in [0.1, 0.15) is 84.1 Å². The number of hydrogen-bond acceptors (Lipinski definition) is 14. The zero-order valence-corrected chi connectivity index (χ0v) is 40.2. The SMILES string of the molecule is Cc1ccccc1[C@@H]1CN(Cc2cnc(N3CCOC[C@@H]3C)c(C)c2)CCN1C1CC2(CCN(c3ccc(C(=O)NS(=O)(=O)c4cc5c(c([N+](=O)[O-])c4)N[C@H](C4CCOCC4)CO5)cc3)CC2)C1. The molecule has 4 saturated heterocycles. The van der Waals surface area contributed by atoms with Gasteiger partial charge >= 0.3 is 0 Å². The summed E-state index contributed by atoms with van der Waals surface area (Å²) in [6, 6.07) is 21.4. The summed E-state index contributed by atoms with van der Waals surface area (Å²) >= 11 is 0. The van der Waals surface area contributed by atoms with Crippen LogP contribution in [0.4, 0.5) is 22.9 Å². The molecule has 0 bridgehead atoms. The van der Waals surface area contributed by atoms with E-state index in [9.17, 15) is 23.3 Å². The van der Waals surface area contributed by atoms with Crippen molar-refractivity contribution < 1.29 is 32.3 Å². The number of nitro groups is 1. The second-order valence-electron chi connectivity index (χ2n) is 20.1. The first-order valence-electron chi connectivity index (χ1n) is 24.4. The van der Waals surface area contributed by atoms with Crippen LogP contribution in [0, 0.1) is 35.3 Å². The number of piperazine rings is 1. The van der Waals surface area contributed by atoms with Crippen LogP contribution in [0.3, 0.4) is 0 Å². The number of aryl methyl sites for hydroxylation is 2. The van der Waals surface area contributed by atoms with E-state index >= 15 is 0 Å². The van der Waals surface area contributed by atoms with Gasteiger partial charge in [-0.05, 0) is 123 Å². The van der Waals surface area contributed by atoms with E-state index in [1.807, 2.05) is 12.1 Å². The average molecular weight is 949 g/mol. The lowest BCUT2D eigenvalue weighted by atomic mass is 9.59. The molecular weight excluding hydrogens is 885 g/mol. The summed E-state index contributed by atoms with van der Waals surface area (Å²) in [5.41, 5.74) is 6.41. The van der Waals surface area contributed by atoms with Gasteiger partial charge in [0.15, 0.2) is 11.4 Å². The van der Waals surface area contributed by atoms with Crippen molar-refractivity contribution in [2.24, 2.45) is 11.3 Å². The molecule has 1 aliphatic carbocycles. The molecular formula is C51H64N8O8S. The maximum Gasteiger partial charge on any atom is 0.297 e. The Balaban J connectivity index is 0.740. The maximum absolute atomic E-state index is 13.5. The number of morpholine rings is 1. The smallest absolute Gasteiger partial charge is 0.297 e. The highest BCUT2D eigenvalue weighted by Gasteiger charge is 2.50. The van der Waals surface area contributed by atoms with Crippen LogP contribution in [0.2, 0.25) is 0 Å². The first kappa shape index (κ1) is 46.4. The number of ether oxygens (including phenoxy) is 3. The zero-order valence-electron chi connectivity index (χ0n) is 39.4. The van der Waals surface area contributed by atoms with E-state index in [1.165, 1.54) is 41.2 Å². The Morgan fingerprint density at radius 1 is 0.926 bits per heavy atom. The topological polar surface area (TPSA) is 172 Å². The number of nitrogens with zero attached hydrogens (tertiary/aromatic N) is 6. The van der Waals surface area contributed by atoms with E-state index in [0.717, 1.165) is 102 Å². The number of carbonyl (C=O) groups is 1. The minimum absolute atomic E-state index is 0.0610. The number of carbonyl (C=O) groups excluding carboxylic acids is 1. The molecule has 1 saturated carbocycles. The Bertz CT molecular complexity index is 2610. The van der Waals surface area contributed by atoms with Crippen molar-refractivity contribution in [3.63, 3.8) is 0 Å².